The van der Waals surface area contributed by atoms with E-state index in [0.717, 1.165) is 5.56 Å². The van der Waals surface area contributed by atoms with Gasteiger partial charge in [-0.25, -0.2) is 9.78 Å². The van der Waals surface area contributed by atoms with Gasteiger partial charge in [0.15, 0.2) is 0 Å². The van der Waals surface area contributed by atoms with Crippen molar-refractivity contribution < 1.29 is 19.7 Å². The standard InChI is InChI=1S/C13H11NO4/c15-10-2-1-3-11(6-10)18-8-9-4-5-12(13(16)17)14-7-9/h1-7,15H,8H2,(H,16,17). The third-order valence-corrected chi connectivity index (χ3v) is 2.27. The Hall–Kier alpha value is -2.56. The van der Waals surface area contributed by atoms with Crippen LogP contribution in [0.3, 0.4) is 0 Å². The number of aromatic hydroxyl groups is 1. The highest BCUT2D eigenvalue weighted by atomic mass is 16.5. The van der Waals surface area contributed by atoms with Crippen LogP contribution in [0, 0.1) is 0 Å². The van der Waals surface area contributed by atoms with Gasteiger partial charge in [-0.1, -0.05) is 12.1 Å². The summed E-state index contributed by atoms with van der Waals surface area (Å²) in [5, 5.41) is 17.9. The number of hydrogen-bond acceptors (Lipinski definition) is 4. The van der Waals surface area contributed by atoms with Crippen LogP contribution in [0.4, 0.5) is 0 Å². The fourth-order valence-electron chi connectivity index (χ4n) is 1.38. The molecule has 0 radical (unpaired) electrons. The van der Waals surface area contributed by atoms with Crippen LogP contribution in [0.15, 0.2) is 42.6 Å². The molecule has 0 bridgehead atoms. The molecule has 92 valence electrons. The highest BCUT2D eigenvalue weighted by molar-refractivity contribution is 5.85. The van der Waals surface area contributed by atoms with Crippen molar-refractivity contribution in [3.8, 4) is 11.5 Å². The molecule has 0 fully saturated rings. The van der Waals surface area contributed by atoms with Gasteiger partial charge >= 0.3 is 5.97 Å². The molecule has 2 rings (SSSR count). The van der Waals surface area contributed by atoms with Gasteiger partial charge in [0, 0.05) is 17.8 Å². The number of carboxylic acid groups (broad SMARTS) is 1. The SMILES string of the molecule is O=C(O)c1ccc(COc2cccc(O)c2)cn1. The Balaban J connectivity index is 2.00. The summed E-state index contributed by atoms with van der Waals surface area (Å²) in [6.45, 7) is 0.260. The molecule has 0 saturated carbocycles. The zero-order chi connectivity index (χ0) is 13.0. The predicted molar refractivity (Wildman–Crippen MR) is 63.6 cm³/mol. The third kappa shape index (κ3) is 2.98. The van der Waals surface area contributed by atoms with Crippen LogP contribution in [0.25, 0.3) is 0 Å². The van der Waals surface area contributed by atoms with Crippen molar-refractivity contribution in [2.75, 3.05) is 0 Å². The number of nitrogens with zero attached hydrogens (tertiary/aromatic N) is 1. The molecule has 1 aromatic carbocycles. The fourth-order valence-corrected chi connectivity index (χ4v) is 1.38. The summed E-state index contributed by atoms with van der Waals surface area (Å²) in [5.74, 6) is -0.389. The van der Waals surface area contributed by atoms with E-state index in [-0.39, 0.29) is 18.1 Å². The molecule has 2 N–H and O–H groups in total. The number of carboxylic acids is 1. The monoisotopic (exact) mass is 245 g/mol. The molecule has 5 heteroatoms. The van der Waals surface area contributed by atoms with E-state index in [0.29, 0.717) is 5.75 Å². The molecule has 0 amide bonds. The molecule has 0 atom stereocenters. The van der Waals surface area contributed by atoms with Crippen molar-refractivity contribution in [1.82, 2.24) is 4.98 Å². The Morgan fingerprint density at radius 2 is 2.11 bits per heavy atom. The van der Waals surface area contributed by atoms with E-state index in [1.165, 1.54) is 18.3 Å². The summed E-state index contributed by atoms with van der Waals surface area (Å²) in [6.07, 6.45) is 1.45. The van der Waals surface area contributed by atoms with Crippen LogP contribution in [-0.4, -0.2) is 21.2 Å². The Kier molecular flexibility index (Phi) is 3.43. The van der Waals surface area contributed by atoms with Crippen LogP contribution in [0.5, 0.6) is 11.5 Å². The highest BCUT2D eigenvalue weighted by Crippen LogP contribution is 2.18. The lowest BCUT2D eigenvalue weighted by Gasteiger charge is -2.06. The summed E-state index contributed by atoms with van der Waals surface area (Å²) < 4.78 is 5.43. The molecule has 5 nitrogen and oxygen atoms in total. The van der Waals surface area contributed by atoms with E-state index in [4.69, 9.17) is 9.84 Å². The highest BCUT2D eigenvalue weighted by Gasteiger charge is 2.04. The van der Waals surface area contributed by atoms with Crippen LogP contribution in [-0.2, 0) is 6.61 Å². The molecule has 2 aromatic rings. The second-order valence-electron chi connectivity index (χ2n) is 3.64. The lowest BCUT2D eigenvalue weighted by Crippen LogP contribution is -2.02. The van der Waals surface area contributed by atoms with Gasteiger partial charge in [0.05, 0.1) is 0 Å². The number of phenols is 1. The average molecular weight is 245 g/mol. The summed E-state index contributed by atoms with van der Waals surface area (Å²) in [4.78, 5) is 14.4. The summed E-state index contributed by atoms with van der Waals surface area (Å²) in [5.41, 5.74) is 0.749. The summed E-state index contributed by atoms with van der Waals surface area (Å²) >= 11 is 0. The van der Waals surface area contributed by atoms with Crippen molar-refractivity contribution in [2.24, 2.45) is 0 Å². The van der Waals surface area contributed by atoms with E-state index in [1.54, 1.807) is 24.3 Å². The van der Waals surface area contributed by atoms with Crippen LogP contribution in [0.2, 0.25) is 0 Å². The molecular weight excluding hydrogens is 234 g/mol. The van der Waals surface area contributed by atoms with E-state index >= 15 is 0 Å². The minimum absolute atomic E-state index is 0.00361. The predicted octanol–water partition coefficient (Wildman–Crippen LogP) is 2.06. The van der Waals surface area contributed by atoms with Crippen molar-refractivity contribution in [2.45, 2.75) is 6.61 Å². The quantitative estimate of drug-likeness (QED) is 0.861. The number of carbonyl (C=O) groups is 1. The molecule has 1 aromatic heterocycles. The molecule has 18 heavy (non-hydrogen) atoms. The lowest BCUT2D eigenvalue weighted by molar-refractivity contribution is 0.0690. The average Bonchev–Trinajstić information content (AvgIpc) is 2.37. The van der Waals surface area contributed by atoms with E-state index in [1.807, 2.05) is 0 Å². The normalized spacial score (nSPS) is 10.0. The van der Waals surface area contributed by atoms with Crippen LogP contribution < -0.4 is 4.74 Å². The molecule has 0 spiro atoms. The summed E-state index contributed by atoms with van der Waals surface area (Å²) in [6, 6.07) is 9.51. The first kappa shape index (κ1) is 11.9. The molecule has 0 aliphatic carbocycles. The second kappa shape index (κ2) is 5.18. The second-order valence-corrected chi connectivity index (χ2v) is 3.64. The minimum atomic E-state index is -1.06. The number of aromatic nitrogens is 1. The van der Waals surface area contributed by atoms with Gasteiger partial charge in [-0.15, -0.1) is 0 Å². The van der Waals surface area contributed by atoms with Crippen LogP contribution in [0.1, 0.15) is 16.1 Å². The maximum absolute atomic E-state index is 10.6. The van der Waals surface area contributed by atoms with Gasteiger partial charge < -0.3 is 14.9 Å². The Morgan fingerprint density at radius 1 is 1.28 bits per heavy atom. The zero-order valence-corrected chi connectivity index (χ0v) is 9.41. The van der Waals surface area contributed by atoms with Gasteiger partial charge in [-0.05, 0) is 18.2 Å². The van der Waals surface area contributed by atoms with Crippen LogP contribution >= 0.6 is 0 Å². The molecule has 0 unspecified atom stereocenters. The van der Waals surface area contributed by atoms with Gasteiger partial charge in [0.25, 0.3) is 0 Å². The largest absolute Gasteiger partial charge is 0.508 e. The van der Waals surface area contributed by atoms with E-state index in [9.17, 15) is 9.90 Å². The number of ether oxygens (including phenoxy) is 1. The van der Waals surface area contributed by atoms with Crippen molar-refractivity contribution >= 4 is 5.97 Å². The zero-order valence-electron chi connectivity index (χ0n) is 9.41. The van der Waals surface area contributed by atoms with Crippen molar-refractivity contribution in [3.05, 3.63) is 53.9 Å². The molecule has 0 saturated heterocycles. The van der Waals surface area contributed by atoms with Gasteiger partial charge in [0.2, 0.25) is 0 Å². The fraction of sp³-hybridized carbons (Fsp3) is 0.0769. The molecule has 1 heterocycles. The Labute approximate surface area is 103 Å². The van der Waals surface area contributed by atoms with E-state index < -0.39 is 5.97 Å². The minimum Gasteiger partial charge on any atom is -0.508 e. The number of rotatable bonds is 4. The first-order valence-corrected chi connectivity index (χ1v) is 5.25. The smallest absolute Gasteiger partial charge is 0.354 e. The number of aromatic carboxylic acids is 1. The number of pyridine rings is 1. The maximum atomic E-state index is 10.6. The topological polar surface area (TPSA) is 79.7 Å². The van der Waals surface area contributed by atoms with Crippen molar-refractivity contribution in [1.29, 1.82) is 0 Å². The van der Waals surface area contributed by atoms with Gasteiger partial charge in [-0.3, -0.25) is 0 Å². The van der Waals surface area contributed by atoms with E-state index in [2.05, 4.69) is 4.98 Å². The maximum Gasteiger partial charge on any atom is 0.354 e. The Bertz CT molecular complexity index is 551. The number of benzene rings is 1. The van der Waals surface area contributed by atoms with Gasteiger partial charge in [0.1, 0.15) is 23.8 Å². The number of phenolic OH excluding ortho intramolecular Hbond substituents is 1. The lowest BCUT2D eigenvalue weighted by atomic mass is 10.2. The third-order valence-electron chi connectivity index (χ3n) is 2.27. The molecule has 0 aliphatic rings. The van der Waals surface area contributed by atoms with Gasteiger partial charge in [-0.2, -0.15) is 0 Å². The number of hydrogen-bond donors (Lipinski definition) is 2. The molecule has 0 aliphatic heterocycles. The van der Waals surface area contributed by atoms with Crippen molar-refractivity contribution in [3.63, 3.8) is 0 Å². The first-order chi connectivity index (χ1) is 8.65. The summed E-state index contributed by atoms with van der Waals surface area (Å²) in [7, 11) is 0. The molecular formula is C13H11NO4. The first-order valence-electron chi connectivity index (χ1n) is 5.25. The Morgan fingerprint density at radius 3 is 2.72 bits per heavy atom.